The Morgan fingerprint density at radius 3 is 2.78 bits per heavy atom. The molecule has 1 unspecified atom stereocenters. The van der Waals surface area contributed by atoms with Crippen LogP contribution in [0.2, 0.25) is 5.02 Å². The van der Waals surface area contributed by atoms with Gasteiger partial charge >= 0.3 is 5.97 Å². The molecule has 0 aliphatic carbocycles. The molecule has 0 radical (unpaired) electrons. The summed E-state index contributed by atoms with van der Waals surface area (Å²) in [6.45, 7) is 4.61. The molecule has 0 spiro atoms. The lowest BCUT2D eigenvalue weighted by atomic mass is 9.78. The molecule has 0 saturated heterocycles. The molecule has 0 bridgehead atoms. The van der Waals surface area contributed by atoms with Gasteiger partial charge in [-0.2, -0.15) is 0 Å². The summed E-state index contributed by atoms with van der Waals surface area (Å²) in [7, 11) is 0. The van der Waals surface area contributed by atoms with Crippen molar-refractivity contribution in [2.75, 3.05) is 13.2 Å². The Morgan fingerprint density at radius 1 is 1.50 bits per heavy atom. The van der Waals surface area contributed by atoms with Crippen molar-refractivity contribution < 1.29 is 9.53 Å². The van der Waals surface area contributed by atoms with Gasteiger partial charge < -0.3 is 10.5 Å². The van der Waals surface area contributed by atoms with E-state index in [1.807, 2.05) is 25.1 Å². The molecule has 0 fully saturated rings. The van der Waals surface area contributed by atoms with Crippen LogP contribution >= 0.6 is 11.6 Å². The molecule has 0 aliphatic heterocycles. The fraction of sp³-hybridized carbons (Fsp3) is 0.500. The molecule has 100 valence electrons. The number of hydrogen-bond acceptors (Lipinski definition) is 3. The monoisotopic (exact) mass is 269 g/mol. The van der Waals surface area contributed by atoms with Crippen LogP contribution < -0.4 is 5.73 Å². The lowest BCUT2D eigenvalue weighted by Crippen LogP contribution is -2.35. The Bertz CT molecular complexity index is 409. The van der Waals surface area contributed by atoms with Crippen molar-refractivity contribution >= 4 is 17.6 Å². The van der Waals surface area contributed by atoms with Crippen LogP contribution in [0.3, 0.4) is 0 Å². The van der Waals surface area contributed by atoms with Crippen LogP contribution in [0.15, 0.2) is 24.3 Å². The zero-order valence-electron chi connectivity index (χ0n) is 10.9. The molecule has 0 aromatic heterocycles. The first kappa shape index (κ1) is 15.0. The molecular formula is C14H20ClNO2. The molecule has 1 atom stereocenters. The first-order valence-corrected chi connectivity index (χ1v) is 6.55. The molecule has 3 nitrogen and oxygen atoms in total. The summed E-state index contributed by atoms with van der Waals surface area (Å²) in [5.41, 5.74) is 5.74. The molecule has 0 amide bonds. The predicted octanol–water partition coefficient (Wildman–Crippen LogP) is 2.90. The number of carbonyl (C=O) groups is 1. The van der Waals surface area contributed by atoms with E-state index in [-0.39, 0.29) is 5.97 Å². The topological polar surface area (TPSA) is 52.3 Å². The van der Waals surface area contributed by atoms with Gasteiger partial charge in [0, 0.05) is 5.02 Å². The van der Waals surface area contributed by atoms with E-state index < -0.39 is 5.41 Å². The second-order valence-corrected chi connectivity index (χ2v) is 4.89. The molecule has 1 aromatic carbocycles. The van der Waals surface area contributed by atoms with Crippen molar-refractivity contribution in [1.29, 1.82) is 0 Å². The number of hydrogen-bond donors (Lipinski definition) is 1. The first-order chi connectivity index (χ1) is 8.54. The quantitative estimate of drug-likeness (QED) is 0.808. The largest absolute Gasteiger partial charge is 0.465 e. The zero-order chi connectivity index (χ0) is 13.6. The Hall–Kier alpha value is -1.06. The highest BCUT2D eigenvalue weighted by Gasteiger charge is 2.36. The van der Waals surface area contributed by atoms with Crippen LogP contribution in [0.4, 0.5) is 0 Å². The molecule has 1 aromatic rings. The summed E-state index contributed by atoms with van der Waals surface area (Å²) in [5, 5.41) is 0.621. The van der Waals surface area contributed by atoms with Crippen LogP contribution in [0.25, 0.3) is 0 Å². The first-order valence-electron chi connectivity index (χ1n) is 6.18. The van der Waals surface area contributed by atoms with Gasteiger partial charge in [-0.1, -0.05) is 23.7 Å². The maximum atomic E-state index is 12.2. The average molecular weight is 270 g/mol. The number of rotatable bonds is 6. The fourth-order valence-corrected chi connectivity index (χ4v) is 2.13. The van der Waals surface area contributed by atoms with Gasteiger partial charge in [0.05, 0.1) is 12.0 Å². The maximum absolute atomic E-state index is 12.2. The highest BCUT2D eigenvalue weighted by atomic mass is 35.5. The number of benzene rings is 1. The molecule has 2 N–H and O–H groups in total. The highest BCUT2D eigenvalue weighted by molar-refractivity contribution is 6.30. The van der Waals surface area contributed by atoms with E-state index in [0.29, 0.717) is 24.6 Å². The summed E-state index contributed by atoms with van der Waals surface area (Å²) >= 11 is 5.99. The predicted molar refractivity (Wildman–Crippen MR) is 73.7 cm³/mol. The molecule has 0 heterocycles. The van der Waals surface area contributed by atoms with E-state index >= 15 is 0 Å². The van der Waals surface area contributed by atoms with Crippen LogP contribution in [0, 0.1) is 0 Å². The lowest BCUT2D eigenvalue weighted by Gasteiger charge is -2.27. The average Bonchev–Trinajstić information content (AvgIpc) is 2.36. The van der Waals surface area contributed by atoms with Crippen molar-refractivity contribution in [3.63, 3.8) is 0 Å². The van der Waals surface area contributed by atoms with Gasteiger partial charge in [-0.15, -0.1) is 0 Å². The van der Waals surface area contributed by atoms with Gasteiger partial charge in [0.1, 0.15) is 0 Å². The minimum absolute atomic E-state index is 0.222. The number of carbonyl (C=O) groups excluding carboxylic acids is 1. The SMILES string of the molecule is CCOC(=O)C(C)(CCCN)c1cccc(Cl)c1. The van der Waals surface area contributed by atoms with E-state index in [0.717, 1.165) is 12.0 Å². The molecule has 4 heteroatoms. The van der Waals surface area contributed by atoms with Crippen LogP contribution in [0.5, 0.6) is 0 Å². The van der Waals surface area contributed by atoms with Crippen molar-refractivity contribution in [2.24, 2.45) is 5.73 Å². The van der Waals surface area contributed by atoms with Crippen LogP contribution in [0.1, 0.15) is 32.3 Å². The van der Waals surface area contributed by atoms with Gasteiger partial charge in [0.15, 0.2) is 0 Å². The number of nitrogens with two attached hydrogens (primary N) is 1. The maximum Gasteiger partial charge on any atom is 0.316 e. The molecule has 0 aliphatic rings. The van der Waals surface area contributed by atoms with Gasteiger partial charge in [0.2, 0.25) is 0 Å². The van der Waals surface area contributed by atoms with E-state index in [2.05, 4.69) is 0 Å². The van der Waals surface area contributed by atoms with Gasteiger partial charge in [-0.05, 0) is 50.9 Å². The van der Waals surface area contributed by atoms with Crippen molar-refractivity contribution in [2.45, 2.75) is 32.1 Å². The fourth-order valence-electron chi connectivity index (χ4n) is 1.94. The standard InChI is InChI=1S/C14H20ClNO2/c1-3-18-13(17)14(2,8-5-9-16)11-6-4-7-12(15)10-11/h4,6-7,10H,3,5,8-9,16H2,1-2H3. The lowest BCUT2D eigenvalue weighted by molar-refractivity contribution is -0.149. The normalized spacial score (nSPS) is 14.0. The number of ether oxygens (including phenoxy) is 1. The Morgan fingerprint density at radius 2 is 2.22 bits per heavy atom. The van der Waals surface area contributed by atoms with E-state index in [9.17, 15) is 4.79 Å². The van der Waals surface area contributed by atoms with Gasteiger partial charge in [-0.25, -0.2) is 0 Å². The summed E-state index contributed by atoms with van der Waals surface area (Å²) in [6, 6.07) is 7.35. The third-order valence-corrected chi connectivity index (χ3v) is 3.30. The number of halogens is 1. The van der Waals surface area contributed by atoms with Crippen molar-refractivity contribution in [3.05, 3.63) is 34.9 Å². The van der Waals surface area contributed by atoms with Crippen LogP contribution in [-0.2, 0) is 14.9 Å². The third kappa shape index (κ3) is 3.47. The summed E-state index contributed by atoms with van der Waals surface area (Å²) < 4.78 is 5.18. The second-order valence-electron chi connectivity index (χ2n) is 4.46. The molecule has 1 rings (SSSR count). The molecule has 0 saturated carbocycles. The summed E-state index contributed by atoms with van der Waals surface area (Å²) in [4.78, 5) is 12.2. The smallest absolute Gasteiger partial charge is 0.316 e. The van der Waals surface area contributed by atoms with E-state index in [4.69, 9.17) is 22.1 Å². The Labute approximate surface area is 113 Å². The highest BCUT2D eigenvalue weighted by Crippen LogP contribution is 2.32. The minimum Gasteiger partial charge on any atom is -0.465 e. The number of esters is 1. The summed E-state index contributed by atoms with van der Waals surface area (Å²) in [5.74, 6) is -0.222. The Kier molecular flexibility index (Phi) is 5.63. The van der Waals surface area contributed by atoms with Crippen LogP contribution in [-0.4, -0.2) is 19.1 Å². The van der Waals surface area contributed by atoms with E-state index in [1.54, 1.807) is 13.0 Å². The van der Waals surface area contributed by atoms with Gasteiger partial charge in [-0.3, -0.25) is 4.79 Å². The molecular weight excluding hydrogens is 250 g/mol. The van der Waals surface area contributed by atoms with E-state index in [1.165, 1.54) is 0 Å². The van der Waals surface area contributed by atoms with Crippen molar-refractivity contribution in [1.82, 2.24) is 0 Å². The minimum atomic E-state index is -0.680. The van der Waals surface area contributed by atoms with Crippen molar-refractivity contribution in [3.8, 4) is 0 Å². The molecule has 18 heavy (non-hydrogen) atoms. The third-order valence-electron chi connectivity index (χ3n) is 3.07. The second kappa shape index (κ2) is 6.76. The van der Waals surface area contributed by atoms with Gasteiger partial charge in [0.25, 0.3) is 0 Å². The summed E-state index contributed by atoms with van der Waals surface area (Å²) in [6.07, 6.45) is 1.42. The zero-order valence-corrected chi connectivity index (χ0v) is 11.7. The Balaban J connectivity index is 3.06.